The molecule has 164 valence electrons. The lowest BCUT2D eigenvalue weighted by molar-refractivity contribution is 0.102. The van der Waals surface area contributed by atoms with E-state index in [0.717, 1.165) is 6.07 Å². The summed E-state index contributed by atoms with van der Waals surface area (Å²) in [6, 6.07) is 16.6. The molecule has 0 spiro atoms. The van der Waals surface area contributed by atoms with Crippen LogP contribution < -0.4 is 10.2 Å². The van der Waals surface area contributed by atoms with Crippen LogP contribution >= 0.6 is 11.6 Å². The predicted octanol–water partition coefficient (Wildman–Crippen LogP) is 5.70. The zero-order valence-electron chi connectivity index (χ0n) is 17.0. The summed E-state index contributed by atoms with van der Waals surface area (Å²) in [5.41, 5.74) is 2.00. The third-order valence-electron chi connectivity index (χ3n) is 5.23. The Morgan fingerprint density at radius 2 is 1.69 bits per heavy atom. The smallest absolute Gasteiger partial charge is 0.322 e. The lowest BCUT2D eigenvalue weighted by Crippen LogP contribution is -2.49. The fraction of sp³-hybridized carbons (Fsp3) is 0.167. The van der Waals surface area contributed by atoms with Crippen molar-refractivity contribution in [2.24, 2.45) is 0 Å². The number of nitrogens with one attached hydrogen (secondary N) is 1. The third kappa shape index (κ3) is 4.89. The summed E-state index contributed by atoms with van der Waals surface area (Å²) in [5.74, 6) is -1.59. The highest BCUT2D eigenvalue weighted by molar-refractivity contribution is 6.30. The molecule has 1 aliphatic rings. The summed E-state index contributed by atoms with van der Waals surface area (Å²) < 4.78 is 27.2. The Balaban J connectivity index is 1.43. The van der Waals surface area contributed by atoms with E-state index in [1.54, 1.807) is 53.4 Å². The number of halogens is 3. The minimum Gasteiger partial charge on any atom is -0.322 e. The van der Waals surface area contributed by atoms with Gasteiger partial charge in [-0.05, 0) is 61.0 Å². The van der Waals surface area contributed by atoms with Crippen molar-refractivity contribution in [2.45, 2.75) is 13.0 Å². The topological polar surface area (TPSA) is 52.7 Å². The lowest BCUT2D eigenvalue weighted by atomic mass is 10.1. The van der Waals surface area contributed by atoms with E-state index in [4.69, 9.17) is 11.6 Å². The summed E-state index contributed by atoms with van der Waals surface area (Å²) in [6.07, 6.45) is 0.712. The molecule has 0 bridgehead atoms. The average molecular weight is 456 g/mol. The van der Waals surface area contributed by atoms with Crippen molar-refractivity contribution in [1.82, 2.24) is 4.90 Å². The van der Waals surface area contributed by atoms with Gasteiger partial charge in [0.25, 0.3) is 5.91 Å². The maximum absolute atomic E-state index is 14.0. The van der Waals surface area contributed by atoms with E-state index in [1.807, 2.05) is 0 Å². The zero-order chi connectivity index (χ0) is 22.7. The number of carbonyl (C=O) groups excluding carboxylic acids is 2. The van der Waals surface area contributed by atoms with Crippen LogP contribution in [0.5, 0.6) is 0 Å². The van der Waals surface area contributed by atoms with Crippen LogP contribution in [-0.2, 0) is 6.54 Å². The number of anilines is 2. The molecule has 3 aromatic rings. The summed E-state index contributed by atoms with van der Waals surface area (Å²) in [4.78, 5) is 28.5. The molecule has 0 unspecified atom stereocenters. The van der Waals surface area contributed by atoms with E-state index < -0.39 is 11.6 Å². The number of benzene rings is 3. The van der Waals surface area contributed by atoms with Crippen LogP contribution in [0.4, 0.5) is 25.0 Å². The lowest BCUT2D eigenvalue weighted by Gasteiger charge is -2.35. The van der Waals surface area contributed by atoms with Crippen molar-refractivity contribution in [3.63, 3.8) is 0 Å². The normalized spacial score (nSPS) is 13.9. The fourth-order valence-electron chi connectivity index (χ4n) is 3.55. The molecule has 1 saturated heterocycles. The maximum Gasteiger partial charge on any atom is 0.324 e. The molecule has 0 saturated carbocycles. The highest BCUT2D eigenvalue weighted by Crippen LogP contribution is 2.24. The largest absolute Gasteiger partial charge is 0.324 e. The van der Waals surface area contributed by atoms with Gasteiger partial charge in [-0.15, -0.1) is 0 Å². The van der Waals surface area contributed by atoms with Crippen LogP contribution in [-0.4, -0.2) is 29.9 Å². The van der Waals surface area contributed by atoms with Gasteiger partial charge in [0.2, 0.25) is 0 Å². The Morgan fingerprint density at radius 3 is 2.38 bits per heavy atom. The van der Waals surface area contributed by atoms with E-state index in [-0.39, 0.29) is 24.0 Å². The fourth-order valence-corrected chi connectivity index (χ4v) is 3.68. The van der Waals surface area contributed by atoms with Crippen molar-refractivity contribution in [2.75, 3.05) is 23.3 Å². The minimum absolute atomic E-state index is 0.0662. The molecule has 1 N–H and O–H groups in total. The van der Waals surface area contributed by atoms with Crippen molar-refractivity contribution >= 4 is 34.9 Å². The van der Waals surface area contributed by atoms with E-state index >= 15 is 0 Å². The molecule has 5 nitrogen and oxygen atoms in total. The number of nitrogens with zero attached hydrogens (tertiary/aromatic N) is 2. The summed E-state index contributed by atoms with van der Waals surface area (Å²) in [6.45, 7) is 1.08. The monoisotopic (exact) mass is 455 g/mol. The Kier molecular flexibility index (Phi) is 6.37. The van der Waals surface area contributed by atoms with Gasteiger partial charge in [0.05, 0.1) is 6.54 Å². The van der Waals surface area contributed by atoms with Crippen LogP contribution in [0, 0.1) is 11.6 Å². The first kappa shape index (κ1) is 21.8. The molecule has 0 atom stereocenters. The molecule has 1 heterocycles. The molecular formula is C24H20ClF2N3O2. The Hall–Kier alpha value is -3.45. The number of amides is 3. The SMILES string of the molecule is O=C(Nc1ccc(N2CCCN(Cc3ccc(F)cc3F)C2=O)cc1)c1ccc(Cl)cc1. The third-order valence-corrected chi connectivity index (χ3v) is 5.48. The summed E-state index contributed by atoms with van der Waals surface area (Å²) in [5, 5.41) is 3.35. The summed E-state index contributed by atoms with van der Waals surface area (Å²) in [7, 11) is 0. The van der Waals surface area contributed by atoms with Gasteiger partial charge >= 0.3 is 6.03 Å². The van der Waals surface area contributed by atoms with Crippen molar-refractivity contribution in [1.29, 1.82) is 0 Å². The Morgan fingerprint density at radius 1 is 0.969 bits per heavy atom. The molecule has 1 fully saturated rings. The number of carbonyl (C=O) groups is 2. The molecule has 3 amide bonds. The molecule has 0 aromatic heterocycles. The van der Waals surface area contributed by atoms with Crippen molar-refractivity contribution in [3.8, 4) is 0 Å². The van der Waals surface area contributed by atoms with Crippen LogP contribution in [0.1, 0.15) is 22.3 Å². The van der Waals surface area contributed by atoms with Gasteiger partial charge < -0.3 is 10.2 Å². The highest BCUT2D eigenvalue weighted by atomic mass is 35.5. The van der Waals surface area contributed by atoms with Gasteiger partial charge in [0.1, 0.15) is 11.6 Å². The maximum atomic E-state index is 14.0. The molecular weight excluding hydrogens is 436 g/mol. The van der Waals surface area contributed by atoms with Crippen LogP contribution in [0.3, 0.4) is 0 Å². The Labute approximate surface area is 189 Å². The van der Waals surface area contributed by atoms with Gasteiger partial charge in [-0.3, -0.25) is 9.69 Å². The van der Waals surface area contributed by atoms with Gasteiger partial charge in [0, 0.05) is 46.7 Å². The van der Waals surface area contributed by atoms with Gasteiger partial charge in [-0.25, -0.2) is 13.6 Å². The molecule has 3 aromatic carbocycles. The number of hydrogen-bond donors (Lipinski definition) is 1. The Bertz CT molecular complexity index is 1140. The van der Waals surface area contributed by atoms with Crippen molar-refractivity contribution < 1.29 is 18.4 Å². The van der Waals surface area contributed by atoms with Gasteiger partial charge in [-0.1, -0.05) is 17.7 Å². The number of hydrogen-bond acceptors (Lipinski definition) is 2. The number of urea groups is 1. The van der Waals surface area contributed by atoms with Crippen molar-refractivity contribution in [3.05, 3.63) is 94.5 Å². The van der Waals surface area contributed by atoms with E-state index in [2.05, 4.69) is 5.32 Å². The van der Waals surface area contributed by atoms with E-state index in [1.165, 1.54) is 17.0 Å². The van der Waals surface area contributed by atoms with E-state index in [0.29, 0.717) is 41.5 Å². The van der Waals surface area contributed by atoms with Gasteiger partial charge in [-0.2, -0.15) is 0 Å². The molecule has 32 heavy (non-hydrogen) atoms. The second-order valence-corrected chi connectivity index (χ2v) is 7.89. The second-order valence-electron chi connectivity index (χ2n) is 7.45. The van der Waals surface area contributed by atoms with Crippen LogP contribution in [0.2, 0.25) is 5.02 Å². The molecule has 4 rings (SSSR count). The van der Waals surface area contributed by atoms with Gasteiger partial charge in [0.15, 0.2) is 0 Å². The number of rotatable bonds is 5. The van der Waals surface area contributed by atoms with E-state index in [9.17, 15) is 18.4 Å². The first-order valence-electron chi connectivity index (χ1n) is 10.1. The zero-order valence-corrected chi connectivity index (χ0v) is 17.8. The average Bonchev–Trinajstić information content (AvgIpc) is 2.78. The molecule has 8 heteroatoms. The standard InChI is InChI=1S/C24H20ClF2N3O2/c25-18-5-2-16(3-6-18)23(31)28-20-8-10-21(11-9-20)30-13-1-12-29(24(30)32)15-17-4-7-19(26)14-22(17)27/h2-11,14H,1,12-13,15H2,(H,28,31). The highest BCUT2D eigenvalue weighted by Gasteiger charge is 2.27. The minimum atomic E-state index is -0.671. The molecule has 1 aliphatic heterocycles. The quantitative estimate of drug-likeness (QED) is 0.536. The first-order chi connectivity index (χ1) is 15.4. The first-order valence-corrected chi connectivity index (χ1v) is 10.5. The summed E-state index contributed by atoms with van der Waals surface area (Å²) >= 11 is 5.85. The second kappa shape index (κ2) is 9.36. The predicted molar refractivity (Wildman–Crippen MR) is 120 cm³/mol. The van der Waals surface area contributed by atoms with Crippen LogP contribution in [0.25, 0.3) is 0 Å². The van der Waals surface area contributed by atoms with Crippen LogP contribution in [0.15, 0.2) is 66.7 Å². The molecule has 0 radical (unpaired) electrons. The molecule has 0 aliphatic carbocycles.